The van der Waals surface area contributed by atoms with Gasteiger partial charge in [-0.3, -0.25) is 9.59 Å². The standard InChI is InChI=1S/C81H161NO5/c1-3-5-7-9-11-13-15-17-19-20-21-22-33-36-39-42-46-49-53-57-61-65-69-73-79(84)78(77-83)82-80(85)74-70-66-62-58-54-50-47-43-40-37-34-31-29-27-25-23-24-26-28-30-32-35-38-41-44-48-52-56-60-64-68-72-76-87-81(86)75-71-67-63-59-55-51-45-18-16-14-12-10-8-6-4-2/h78-79,83-84H,3-77H2,1-2H3,(H,82,85). The van der Waals surface area contributed by atoms with Crippen molar-refractivity contribution in [3.63, 3.8) is 0 Å². The lowest BCUT2D eigenvalue weighted by atomic mass is 10.0. The summed E-state index contributed by atoms with van der Waals surface area (Å²) in [5, 5.41) is 23.5. The van der Waals surface area contributed by atoms with Crippen molar-refractivity contribution in [2.24, 2.45) is 0 Å². The van der Waals surface area contributed by atoms with Crippen molar-refractivity contribution in [3.05, 3.63) is 0 Å². The molecule has 0 bridgehead atoms. The maximum absolute atomic E-state index is 12.6. The molecule has 0 aliphatic rings. The van der Waals surface area contributed by atoms with E-state index in [4.69, 9.17) is 4.74 Å². The summed E-state index contributed by atoms with van der Waals surface area (Å²) in [6, 6.07) is -0.538. The van der Waals surface area contributed by atoms with Crippen LogP contribution in [-0.4, -0.2) is 47.4 Å². The fourth-order valence-electron chi connectivity index (χ4n) is 13.5. The maximum atomic E-state index is 12.6. The SMILES string of the molecule is CCCCCCCCCCCCCCCCCCCCCCCCCC(O)C(CO)NC(=O)CCCCCCCCCCCCCCCCCCCCCCCCCCCCCCCCCCOC(=O)CCCCCCCCCCCCCCCCC. The average Bonchev–Trinajstić information content (AvgIpc) is 3.54. The first kappa shape index (κ1) is 85.9. The van der Waals surface area contributed by atoms with Gasteiger partial charge in [-0.1, -0.05) is 444 Å². The zero-order valence-corrected chi connectivity index (χ0v) is 59.8. The Kier molecular flexibility index (Phi) is 76.3. The van der Waals surface area contributed by atoms with E-state index >= 15 is 0 Å². The van der Waals surface area contributed by atoms with Gasteiger partial charge in [-0.25, -0.2) is 0 Å². The predicted octanol–water partition coefficient (Wildman–Crippen LogP) is 26.9. The molecule has 6 heteroatoms. The quantitative estimate of drug-likeness (QED) is 0.0417. The number of aliphatic hydroxyl groups excluding tert-OH is 2. The molecule has 0 saturated heterocycles. The van der Waals surface area contributed by atoms with Crippen LogP contribution < -0.4 is 5.32 Å². The minimum Gasteiger partial charge on any atom is -0.466 e. The summed E-state index contributed by atoms with van der Waals surface area (Å²) in [4.78, 5) is 24.7. The number of nitrogens with one attached hydrogen (secondary N) is 1. The summed E-state index contributed by atoms with van der Waals surface area (Å²) in [5.74, 6) is 0.00192. The molecule has 0 saturated carbocycles. The summed E-state index contributed by atoms with van der Waals surface area (Å²) in [6.07, 6.45) is 96.4. The Morgan fingerprint density at radius 1 is 0.276 bits per heavy atom. The molecule has 87 heavy (non-hydrogen) atoms. The number of aliphatic hydroxyl groups is 2. The molecule has 0 aliphatic heterocycles. The Labute approximate surface area is 547 Å². The van der Waals surface area contributed by atoms with Crippen LogP contribution in [0.5, 0.6) is 0 Å². The van der Waals surface area contributed by atoms with Crippen LogP contribution in [0.15, 0.2) is 0 Å². The molecule has 0 heterocycles. The number of rotatable bonds is 78. The first-order valence-electron chi connectivity index (χ1n) is 40.8. The molecule has 0 aromatic heterocycles. The number of amides is 1. The Hall–Kier alpha value is -1.14. The smallest absolute Gasteiger partial charge is 0.305 e. The normalized spacial score (nSPS) is 12.4. The molecule has 0 rings (SSSR count). The number of esters is 1. The number of hydrogen-bond donors (Lipinski definition) is 3. The van der Waals surface area contributed by atoms with E-state index in [1.165, 1.54) is 411 Å². The molecule has 0 spiro atoms. The van der Waals surface area contributed by atoms with Crippen molar-refractivity contribution >= 4 is 11.9 Å². The van der Waals surface area contributed by atoms with Crippen LogP contribution in [-0.2, 0) is 14.3 Å². The van der Waals surface area contributed by atoms with Crippen LogP contribution in [0.2, 0.25) is 0 Å². The fraction of sp³-hybridized carbons (Fsp3) is 0.975. The molecule has 3 N–H and O–H groups in total. The van der Waals surface area contributed by atoms with Gasteiger partial charge in [0.2, 0.25) is 5.91 Å². The van der Waals surface area contributed by atoms with Crippen molar-refractivity contribution in [3.8, 4) is 0 Å². The van der Waals surface area contributed by atoms with Gasteiger partial charge in [0.1, 0.15) is 0 Å². The van der Waals surface area contributed by atoms with Crippen LogP contribution in [0.3, 0.4) is 0 Å². The highest BCUT2D eigenvalue weighted by molar-refractivity contribution is 5.76. The zero-order chi connectivity index (χ0) is 62.8. The number of ether oxygens (including phenoxy) is 1. The summed E-state index contributed by atoms with van der Waals surface area (Å²) in [6.45, 7) is 5.02. The minimum absolute atomic E-state index is 0.0238. The van der Waals surface area contributed by atoms with E-state index in [1.54, 1.807) is 0 Å². The molecule has 520 valence electrons. The van der Waals surface area contributed by atoms with Crippen molar-refractivity contribution < 1.29 is 24.5 Å². The highest BCUT2D eigenvalue weighted by Gasteiger charge is 2.20. The van der Waals surface area contributed by atoms with Gasteiger partial charge in [0, 0.05) is 12.8 Å². The number of carbonyl (C=O) groups excluding carboxylic acids is 2. The Morgan fingerprint density at radius 3 is 0.701 bits per heavy atom. The number of hydrogen-bond acceptors (Lipinski definition) is 5. The maximum Gasteiger partial charge on any atom is 0.305 e. The van der Waals surface area contributed by atoms with Crippen molar-refractivity contribution in [2.75, 3.05) is 13.2 Å². The van der Waals surface area contributed by atoms with Crippen molar-refractivity contribution in [1.29, 1.82) is 0 Å². The van der Waals surface area contributed by atoms with Gasteiger partial charge in [-0.05, 0) is 25.7 Å². The van der Waals surface area contributed by atoms with Gasteiger partial charge < -0.3 is 20.3 Å². The molecule has 1 amide bonds. The second-order valence-electron chi connectivity index (χ2n) is 28.5. The van der Waals surface area contributed by atoms with Gasteiger partial charge in [-0.2, -0.15) is 0 Å². The van der Waals surface area contributed by atoms with Crippen molar-refractivity contribution in [2.45, 2.75) is 495 Å². The first-order valence-corrected chi connectivity index (χ1v) is 40.8. The largest absolute Gasteiger partial charge is 0.466 e. The van der Waals surface area contributed by atoms with Crippen LogP contribution in [0.1, 0.15) is 483 Å². The third kappa shape index (κ3) is 73.8. The van der Waals surface area contributed by atoms with E-state index in [1.807, 2.05) is 0 Å². The number of unbranched alkanes of at least 4 members (excludes halogenated alkanes) is 67. The molecule has 0 radical (unpaired) electrons. The Balaban J connectivity index is 3.31. The van der Waals surface area contributed by atoms with Crippen LogP contribution in [0.4, 0.5) is 0 Å². The summed E-state index contributed by atoms with van der Waals surface area (Å²) < 4.78 is 5.51. The van der Waals surface area contributed by atoms with Gasteiger partial charge in [-0.15, -0.1) is 0 Å². The second kappa shape index (κ2) is 77.3. The molecule has 0 fully saturated rings. The van der Waals surface area contributed by atoms with Crippen LogP contribution in [0.25, 0.3) is 0 Å². The monoisotopic (exact) mass is 1230 g/mol. The number of carbonyl (C=O) groups is 2. The Bertz CT molecular complexity index is 1280. The third-order valence-corrected chi connectivity index (χ3v) is 19.7. The van der Waals surface area contributed by atoms with Gasteiger partial charge in [0.15, 0.2) is 0 Å². The lowest BCUT2D eigenvalue weighted by Gasteiger charge is -2.22. The average molecular weight is 1230 g/mol. The third-order valence-electron chi connectivity index (χ3n) is 19.7. The van der Waals surface area contributed by atoms with Crippen molar-refractivity contribution in [1.82, 2.24) is 5.32 Å². The lowest BCUT2D eigenvalue weighted by molar-refractivity contribution is -0.143. The van der Waals surface area contributed by atoms with Gasteiger partial charge in [0.25, 0.3) is 0 Å². The van der Waals surface area contributed by atoms with E-state index in [0.29, 0.717) is 25.9 Å². The molecule has 0 aromatic carbocycles. The molecule has 2 unspecified atom stereocenters. The predicted molar refractivity (Wildman–Crippen MR) is 384 cm³/mol. The van der Waals surface area contributed by atoms with Gasteiger partial charge >= 0.3 is 5.97 Å². The van der Waals surface area contributed by atoms with Crippen LogP contribution >= 0.6 is 0 Å². The summed E-state index contributed by atoms with van der Waals surface area (Å²) >= 11 is 0. The molecule has 2 atom stereocenters. The summed E-state index contributed by atoms with van der Waals surface area (Å²) in [7, 11) is 0. The summed E-state index contributed by atoms with van der Waals surface area (Å²) in [5.41, 5.74) is 0. The van der Waals surface area contributed by atoms with Gasteiger partial charge in [0.05, 0.1) is 25.4 Å². The molecular formula is C81H161NO5. The van der Waals surface area contributed by atoms with E-state index in [0.717, 1.165) is 38.5 Å². The molecule has 0 aromatic rings. The highest BCUT2D eigenvalue weighted by Crippen LogP contribution is 2.21. The minimum atomic E-state index is -0.662. The Morgan fingerprint density at radius 2 is 0.471 bits per heavy atom. The molecular weight excluding hydrogens is 1070 g/mol. The molecule has 0 aliphatic carbocycles. The zero-order valence-electron chi connectivity index (χ0n) is 59.8. The first-order chi connectivity index (χ1) is 43.0. The van der Waals surface area contributed by atoms with Crippen LogP contribution in [0, 0.1) is 0 Å². The van der Waals surface area contributed by atoms with E-state index in [2.05, 4.69) is 19.2 Å². The van der Waals surface area contributed by atoms with E-state index < -0.39 is 12.1 Å². The molecule has 6 nitrogen and oxygen atoms in total. The topological polar surface area (TPSA) is 95.9 Å². The fourth-order valence-corrected chi connectivity index (χ4v) is 13.5. The lowest BCUT2D eigenvalue weighted by Crippen LogP contribution is -2.45. The second-order valence-corrected chi connectivity index (χ2v) is 28.5. The van der Waals surface area contributed by atoms with E-state index in [9.17, 15) is 19.8 Å². The van der Waals surface area contributed by atoms with E-state index in [-0.39, 0.29) is 18.5 Å². The highest BCUT2D eigenvalue weighted by atomic mass is 16.5.